The summed E-state index contributed by atoms with van der Waals surface area (Å²) in [5.41, 5.74) is -3.82. The summed E-state index contributed by atoms with van der Waals surface area (Å²) in [6, 6.07) is 12.8. The van der Waals surface area contributed by atoms with E-state index in [1.165, 1.54) is 24.3 Å². The molecule has 0 aliphatic heterocycles. The molecule has 3 aromatic carbocycles. The molecule has 3 rings (SSSR count). The van der Waals surface area contributed by atoms with Gasteiger partial charge >= 0.3 is 12.4 Å². The van der Waals surface area contributed by atoms with E-state index in [-0.39, 0.29) is 0 Å². The largest absolute Gasteiger partial charge is 0.457 e. The summed E-state index contributed by atoms with van der Waals surface area (Å²) in [6.07, 6.45) is -9.71. The number of para-hydroxylation sites is 2. The standard InChI is InChI=1S/C26H10F6N4O2/c1-35-19(13-33)15-11-24(38-22-10-6-4-8-18(22)26(30,31)32)16(20(14-34)36-2)12-23(15)37-21-9-5-3-7-17(21)25(27,28)29/h3-12H. The van der Waals surface area contributed by atoms with E-state index in [4.69, 9.17) is 22.6 Å². The molecule has 0 N–H and O–H groups in total. The maximum absolute atomic E-state index is 13.5. The molecule has 0 saturated carbocycles. The topological polar surface area (TPSA) is 74.8 Å². The third-order valence-corrected chi connectivity index (χ3v) is 4.85. The number of benzene rings is 3. The van der Waals surface area contributed by atoms with Crippen molar-refractivity contribution in [1.82, 2.24) is 0 Å². The minimum absolute atomic E-state index is 0.440. The fourth-order valence-corrected chi connectivity index (χ4v) is 3.21. The molecule has 38 heavy (non-hydrogen) atoms. The zero-order valence-corrected chi connectivity index (χ0v) is 18.6. The van der Waals surface area contributed by atoms with Crippen LogP contribution in [0.1, 0.15) is 11.1 Å². The third kappa shape index (κ3) is 5.67. The van der Waals surface area contributed by atoms with Crippen molar-refractivity contribution in [2.45, 2.75) is 12.4 Å². The van der Waals surface area contributed by atoms with Gasteiger partial charge in [-0.2, -0.15) is 26.3 Å². The number of nitriles is 2. The first-order valence-corrected chi connectivity index (χ1v) is 10.1. The van der Waals surface area contributed by atoms with E-state index in [1.54, 1.807) is 0 Å². The molecule has 0 radical (unpaired) electrons. The van der Waals surface area contributed by atoms with E-state index in [9.17, 15) is 36.9 Å². The lowest BCUT2D eigenvalue weighted by Gasteiger charge is -2.17. The van der Waals surface area contributed by atoms with Crippen LogP contribution in [-0.4, -0.2) is 0 Å². The molecule has 0 fully saturated rings. The zero-order chi connectivity index (χ0) is 28.1. The van der Waals surface area contributed by atoms with Gasteiger partial charge in [-0.3, -0.25) is 0 Å². The highest BCUT2D eigenvalue weighted by Crippen LogP contribution is 2.39. The molecular formula is C26H10F6N4O2. The van der Waals surface area contributed by atoms with Crippen molar-refractivity contribution in [2.24, 2.45) is 0 Å². The van der Waals surface area contributed by atoms with E-state index >= 15 is 0 Å². The number of nitrogens with zero attached hydrogens (tertiary/aromatic N) is 4. The number of ether oxygens (including phenoxy) is 2. The van der Waals surface area contributed by atoms with E-state index < -0.39 is 68.3 Å². The molecule has 3 aromatic rings. The van der Waals surface area contributed by atoms with Crippen LogP contribution in [0.4, 0.5) is 26.3 Å². The number of alkyl halides is 6. The normalized spacial score (nSPS) is 12.7. The van der Waals surface area contributed by atoms with Crippen LogP contribution in [0.3, 0.4) is 0 Å². The van der Waals surface area contributed by atoms with Crippen LogP contribution in [0, 0.1) is 35.8 Å². The van der Waals surface area contributed by atoms with Crippen LogP contribution < -0.4 is 19.9 Å². The summed E-state index contributed by atoms with van der Waals surface area (Å²) < 4.78 is 91.9. The van der Waals surface area contributed by atoms with E-state index in [0.717, 1.165) is 48.5 Å². The van der Waals surface area contributed by atoms with Crippen molar-refractivity contribution in [1.29, 1.82) is 10.5 Å². The van der Waals surface area contributed by atoms with E-state index in [1.807, 2.05) is 0 Å². The maximum Gasteiger partial charge on any atom is 0.419 e. The van der Waals surface area contributed by atoms with Gasteiger partial charge in [0.25, 0.3) is 11.4 Å². The Bertz CT molecular complexity index is 1540. The van der Waals surface area contributed by atoms with Crippen molar-refractivity contribution in [2.75, 3.05) is 0 Å². The predicted octanol–water partition coefficient (Wildman–Crippen LogP) is 6.41. The van der Waals surface area contributed by atoms with Gasteiger partial charge in [-0.1, -0.05) is 24.3 Å². The number of rotatable bonds is 4. The van der Waals surface area contributed by atoms with E-state index in [2.05, 4.69) is 9.69 Å². The average Bonchev–Trinajstić information content (AvgIpc) is 2.87. The Labute approximate surface area is 210 Å². The highest BCUT2D eigenvalue weighted by molar-refractivity contribution is 5.72. The minimum atomic E-state index is -4.86. The molecule has 0 bridgehead atoms. The van der Waals surface area contributed by atoms with Crippen LogP contribution in [0.2, 0.25) is 0 Å². The summed E-state index contributed by atoms with van der Waals surface area (Å²) in [4.78, 5) is 6.01. The molecule has 0 unspecified atom stereocenters. The molecule has 0 heterocycles. The van der Waals surface area contributed by atoms with Gasteiger partial charge in [-0.05, 0) is 36.4 Å². The molecule has 0 amide bonds. The number of halogens is 6. The molecule has 0 saturated heterocycles. The SMILES string of the molecule is [C-]#[N+]C(C#N)=c1cc(Oc2ccccc2C(F)(F)F)c(=C(C#N)[N+]#[C-])cc1Oc1ccccc1C(F)(F)F. The van der Waals surface area contributed by atoms with Gasteiger partial charge in [0.15, 0.2) is 0 Å². The summed E-state index contributed by atoms with van der Waals surface area (Å²) in [6.45, 7) is 14.5. The van der Waals surface area contributed by atoms with Crippen molar-refractivity contribution in [3.05, 3.63) is 105 Å². The minimum Gasteiger partial charge on any atom is -0.457 e. The van der Waals surface area contributed by atoms with Crippen LogP contribution in [0.15, 0.2) is 60.7 Å². The lowest BCUT2D eigenvalue weighted by molar-refractivity contribution is -0.139. The summed E-state index contributed by atoms with van der Waals surface area (Å²) in [5.74, 6) is -2.55. The summed E-state index contributed by atoms with van der Waals surface area (Å²) >= 11 is 0. The Balaban J connectivity index is 2.41. The van der Waals surface area contributed by atoms with Crippen molar-refractivity contribution in [3.8, 4) is 35.1 Å². The lowest BCUT2D eigenvalue weighted by Crippen LogP contribution is -2.19. The fraction of sp³-hybridized carbons (Fsp3) is 0.0769. The van der Waals surface area contributed by atoms with E-state index in [0.29, 0.717) is 0 Å². The monoisotopic (exact) mass is 524 g/mol. The average molecular weight is 524 g/mol. The van der Waals surface area contributed by atoms with Gasteiger partial charge in [0.2, 0.25) is 0 Å². The van der Waals surface area contributed by atoms with Gasteiger partial charge < -0.3 is 9.47 Å². The van der Waals surface area contributed by atoms with Crippen molar-refractivity contribution in [3.63, 3.8) is 0 Å². The van der Waals surface area contributed by atoms with Crippen LogP contribution in [0.5, 0.6) is 23.0 Å². The summed E-state index contributed by atoms with van der Waals surface area (Å²) in [7, 11) is 0. The highest BCUT2D eigenvalue weighted by atomic mass is 19.4. The molecular weight excluding hydrogens is 514 g/mol. The first-order chi connectivity index (χ1) is 17.9. The molecule has 188 valence electrons. The molecule has 0 atom stereocenters. The van der Waals surface area contributed by atoms with Crippen LogP contribution in [-0.2, 0) is 12.4 Å². The second-order valence-electron chi connectivity index (χ2n) is 7.18. The van der Waals surface area contributed by atoms with Crippen molar-refractivity contribution >= 4 is 11.4 Å². The van der Waals surface area contributed by atoms with Gasteiger partial charge in [-0.15, -0.1) is 0 Å². The zero-order valence-electron chi connectivity index (χ0n) is 18.6. The molecule has 0 aliphatic carbocycles. The predicted molar refractivity (Wildman–Crippen MR) is 120 cm³/mol. The molecule has 0 spiro atoms. The number of hydrogen-bond donors (Lipinski definition) is 0. The first-order valence-electron chi connectivity index (χ1n) is 10.1. The Kier molecular flexibility index (Phi) is 7.61. The van der Waals surface area contributed by atoms with Gasteiger partial charge in [0.05, 0.1) is 36.4 Å². The van der Waals surface area contributed by atoms with Gasteiger partial charge in [-0.25, -0.2) is 20.2 Å². The molecule has 0 aliphatic rings. The van der Waals surface area contributed by atoms with Crippen LogP contribution in [0.25, 0.3) is 21.1 Å². The van der Waals surface area contributed by atoms with Gasteiger partial charge in [0, 0.05) is 10.4 Å². The quantitative estimate of drug-likeness (QED) is 0.292. The Morgan fingerprint density at radius 3 is 1.26 bits per heavy atom. The van der Waals surface area contributed by atoms with Crippen molar-refractivity contribution < 1.29 is 35.8 Å². The third-order valence-electron chi connectivity index (χ3n) is 4.85. The Morgan fingerprint density at radius 1 is 0.632 bits per heavy atom. The van der Waals surface area contributed by atoms with Crippen LogP contribution >= 0.6 is 0 Å². The van der Waals surface area contributed by atoms with Gasteiger partial charge in [0.1, 0.15) is 23.0 Å². The Hall–Kier alpha value is -5.46. The highest BCUT2D eigenvalue weighted by Gasteiger charge is 2.35. The first kappa shape index (κ1) is 27.1. The second kappa shape index (κ2) is 10.7. The molecule has 6 nitrogen and oxygen atoms in total. The fourth-order valence-electron chi connectivity index (χ4n) is 3.21. The molecule has 0 aromatic heterocycles. The Morgan fingerprint density at radius 2 is 0.974 bits per heavy atom. The maximum atomic E-state index is 13.5. The summed E-state index contributed by atoms with van der Waals surface area (Å²) in [5, 5.41) is 18.0. The smallest absolute Gasteiger partial charge is 0.419 e. The molecule has 12 heteroatoms. The lowest BCUT2D eigenvalue weighted by atomic mass is 10.1. The second-order valence-corrected chi connectivity index (χ2v) is 7.18. The number of hydrogen-bond acceptors (Lipinski definition) is 4.